The highest BCUT2D eigenvalue weighted by molar-refractivity contribution is 7.99. The normalized spacial score (nSPS) is 11.1. The molecule has 0 radical (unpaired) electrons. The molecule has 0 spiro atoms. The zero-order valence-corrected chi connectivity index (χ0v) is 16.4. The molecule has 1 N–H and O–H groups in total. The van der Waals surface area contributed by atoms with Crippen molar-refractivity contribution < 1.29 is 9.53 Å². The molecule has 2 heterocycles. The highest BCUT2D eigenvalue weighted by Gasteiger charge is 2.17. The molecule has 0 atom stereocenters. The molecule has 8 heteroatoms. The van der Waals surface area contributed by atoms with E-state index < -0.39 is 0 Å². The minimum atomic E-state index is 0.0269. The van der Waals surface area contributed by atoms with Gasteiger partial charge in [-0.15, -0.1) is 5.10 Å². The number of hydrogen-bond acceptors (Lipinski definition) is 6. The fraction of sp³-hybridized carbons (Fsp3) is 0.200. The van der Waals surface area contributed by atoms with E-state index in [2.05, 4.69) is 33.5 Å². The van der Waals surface area contributed by atoms with Crippen molar-refractivity contribution in [2.75, 3.05) is 12.9 Å². The van der Waals surface area contributed by atoms with Crippen LogP contribution >= 0.6 is 11.8 Å². The predicted octanol–water partition coefficient (Wildman–Crippen LogP) is 3.69. The number of benzene rings is 2. The topological polar surface area (TPSA) is 85.7 Å². The van der Waals surface area contributed by atoms with E-state index in [1.807, 2.05) is 36.4 Å². The number of ether oxygens (including phenoxy) is 1. The first kappa shape index (κ1) is 18.2. The molecule has 2 aromatic heterocycles. The van der Waals surface area contributed by atoms with E-state index in [0.29, 0.717) is 16.5 Å². The summed E-state index contributed by atoms with van der Waals surface area (Å²) in [7, 11) is 1.60. The number of tetrazole rings is 1. The molecule has 0 unspecified atom stereocenters. The number of thioether (sulfide) groups is 1. The van der Waals surface area contributed by atoms with E-state index >= 15 is 0 Å². The number of aromatic nitrogens is 5. The van der Waals surface area contributed by atoms with Crippen LogP contribution in [0.3, 0.4) is 0 Å². The van der Waals surface area contributed by atoms with Crippen molar-refractivity contribution in [1.82, 2.24) is 25.2 Å². The number of nitrogens with zero attached hydrogens (tertiary/aromatic N) is 4. The van der Waals surface area contributed by atoms with E-state index in [0.717, 1.165) is 23.0 Å². The van der Waals surface area contributed by atoms with Crippen LogP contribution in [-0.2, 0) is 6.42 Å². The lowest BCUT2D eigenvalue weighted by atomic mass is 10.1. The van der Waals surface area contributed by atoms with Crippen molar-refractivity contribution in [2.24, 2.45) is 0 Å². The largest absolute Gasteiger partial charge is 0.494 e. The summed E-state index contributed by atoms with van der Waals surface area (Å²) >= 11 is 1.30. The summed E-state index contributed by atoms with van der Waals surface area (Å²) in [6, 6.07) is 13.5. The Hall–Kier alpha value is -3.13. The first-order valence-electron chi connectivity index (χ1n) is 8.89. The molecule has 4 aromatic rings. The number of nitrogens with one attached hydrogen (secondary N) is 1. The molecule has 0 aliphatic heterocycles. The Morgan fingerprint density at radius 3 is 2.89 bits per heavy atom. The smallest absolute Gasteiger partial charge is 0.214 e. The first-order chi connectivity index (χ1) is 13.7. The standard InChI is InChI=1S/C20H19N5O2S/c1-3-13-7-6-8-14-15(11-21-19(13)14)17(26)12-28-20-22-23-24-25(20)16-9-4-5-10-18(16)27-2/h4-11,21H,3,12H2,1-2H3. The fourth-order valence-electron chi connectivity index (χ4n) is 3.18. The third kappa shape index (κ3) is 3.27. The van der Waals surface area contributed by atoms with Gasteiger partial charge in [-0.1, -0.05) is 49.0 Å². The maximum atomic E-state index is 12.8. The van der Waals surface area contributed by atoms with Crippen molar-refractivity contribution in [3.05, 3.63) is 59.8 Å². The van der Waals surface area contributed by atoms with Gasteiger partial charge < -0.3 is 9.72 Å². The monoisotopic (exact) mass is 393 g/mol. The molecule has 0 fully saturated rings. The summed E-state index contributed by atoms with van der Waals surface area (Å²) in [5.41, 5.74) is 3.64. The van der Waals surface area contributed by atoms with E-state index in [9.17, 15) is 4.79 Å². The summed E-state index contributed by atoms with van der Waals surface area (Å²) < 4.78 is 6.97. The van der Waals surface area contributed by atoms with E-state index in [1.54, 1.807) is 18.0 Å². The zero-order chi connectivity index (χ0) is 19.5. The van der Waals surface area contributed by atoms with Crippen LogP contribution < -0.4 is 4.74 Å². The van der Waals surface area contributed by atoms with E-state index in [4.69, 9.17) is 4.74 Å². The molecule has 4 rings (SSSR count). The van der Waals surface area contributed by atoms with Gasteiger partial charge in [0.25, 0.3) is 0 Å². The highest BCUT2D eigenvalue weighted by atomic mass is 32.2. The molecular weight excluding hydrogens is 374 g/mol. The van der Waals surface area contributed by atoms with Gasteiger partial charge in [0.2, 0.25) is 5.16 Å². The number of carbonyl (C=O) groups is 1. The molecule has 28 heavy (non-hydrogen) atoms. The van der Waals surface area contributed by atoms with Crippen molar-refractivity contribution in [1.29, 1.82) is 0 Å². The number of rotatable bonds is 7. The second-order valence-corrected chi connectivity index (χ2v) is 7.10. The molecule has 0 aliphatic carbocycles. The number of aryl methyl sites for hydroxylation is 1. The van der Waals surface area contributed by atoms with Gasteiger partial charge in [0.05, 0.1) is 12.9 Å². The Bertz CT molecular complexity index is 1130. The Kier molecular flexibility index (Phi) is 5.12. The molecule has 0 bridgehead atoms. The third-order valence-corrected chi connectivity index (χ3v) is 5.49. The predicted molar refractivity (Wildman–Crippen MR) is 108 cm³/mol. The van der Waals surface area contributed by atoms with Crippen molar-refractivity contribution in [3.63, 3.8) is 0 Å². The lowest BCUT2D eigenvalue weighted by Crippen LogP contribution is -2.05. The second-order valence-electron chi connectivity index (χ2n) is 6.15. The number of H-pyrrole nitrogens is 1. The SMILES string of the molecule is CCc1cccc2c(C(=O)CSc3nnnn3-c3ccccc3OC)c[nH]c12. The molecule has 142 valence electrons. The third-order valence-electron chi connectivity index (χ3n) is 4.57. The summed E-state index contributed by atoms with van der Waals surface area (Å²) in [6.07, 6.45) is 2.70. The van der Waals surface area contributed by atoms with Crippen LogP contribution in [0.1, 0.15) is 22.8 Å². The maximum Gasteiger partial charge on any atom is 0.214 e. The van der Waals surface area contributed by atoms with Gasteiger partial charge in [0.15, 0.2) is 5.78 Å². The van der Waals surface area contributed by atoms with Gasteiger partial charge in [-0.25, -0.2) is 0 Å². The number of para-hydroxylation sites is 3. The Labute approximate surface area is 166 Å². The van der Waals surface area contributed by atoms with Crippen molar-refractivity contribution in [3.8, 4) is 11.4 Å². The Morgan fingerprint density at radius 1 is 1.21 bits per heavy atom. The van der Waals surface area contributed by atoms with E-state index in [-0.39, 0.29) is 11.5 Å². The highest BCUT2D eigenvalue weighted by Crippen LogP contribution is 2.27. The fourth-order valence-corrected chi connectivity index (χ4v) is 3.94. The van der Waals surface area contributed by atoms with Gasteiger partial charge in [0, 0.05) is 22.7 Å². The minimum Gasteiger partial charge on any atom is -0.494 e. The number of Topliss-reactive ketones (excluding diaryl/α,β-unsaturated/α-hetero) is 1. The molecule has 0 amide bonds. The molecule has 0 saturated carbocycles. The van der Waals surface area contributed by atoms with Crippen LogP contribution in [0.2, 0.25) is 0 Å². The van der Waals surface area contributed by atoms with Crippen molar-refractivity contribution in [2.45, 2.75) is 18.5 Å². The summed E-state index contributed by atoms with van der Waals surface area (Å²) in [4.78, 5) is 16.1. The van der Waals surface area contributed by atoms with Gasteiger partial charge in [-0.3, -0.25) is 4.79 Å². The molecular formula is C20H19N5O2S. The minimum absolute atomic E-state index is 0.0269. The van der Waals surface area contributed by atoms with Crippen LogP contribution in [0, 0.1) is 0 Å². The van der Waals surface area contributed by atoms with Crippen molar-refractivity contribution >= 4 is 28.4 Å². The lowest BCUT2D eigenvalue weighted by molar-refractivity contribution is 0.102. The van der Waals surface area contributed by atoms with E-state index in [1.165, 1.54) is 17.3 Å². The average molecular weight is 393 g/mol. The quantitative estimate of drug-likeness (QED) is 0.381. The summed E-state index contributed by atoms with van der Waals surface area (Å²) in [6.45, 7) is 2.10. The number of carbonyl (C=O) groups excluding carboxylic acids is 1. The second kappa shape index (κ2) is 7.85. The molecule has 7 nitrogen and oxygen atoms in total. The van der Waals surface area contributed by atoms with Gasteiger partial charge in [-0.05, 0) is 34.5 Å². The van der Waals surface area contributed by atoms with Gasteiger partial charge in [0.1, 0.15) is 11.4 Å². The van der Waals surface area contributed by atoms with Crippen LogP contribution in [0.4, 0.5) is 0 Å². The van der Waals surface area contributed by atoms with Gasteiger partial charge in [-0.2, -0.15) is 4.68 Å². The Balaban J connectivity index is 1.57. The van der Waals surface area contributed by atoms with Crippen LogP contribution in [0.15, 0.2) is 53.8 Å². The van der Waals surface area contributed by atoms with Crippen LogP contribution in [-0.4, -0.2) is 43.8 Å². The summed E-state index contributed by atoms with van der Waals surface area (Å²) in [5.74, 6) is 0.921. The number of methoxy groups -OCH3 is 1. The van der Waals surface area contributed by atoms with Gasteiger partial charge >= 0.3 is 0 Å². The number of aromatic amines is 1. The summed E-state index contributed by atoms with van der Waals surface area (Å²) in [5, 5.41) is 13.3. The lowest BCUT2D eigenvalue weighted by Gasteiger charge is -2.08. The maximum absolute atomic E-state index is 12.8. The number of ketones is 1. The molecule has 0 aliphatic rings. The Morgan fingerprint density at radius 2 is 2.07 bits per heavy atom. The number of hydrogen-bond donors (Lipinski definition) is 1. The van der Waals surface area contributed by atoms with Crippen LogP contribution in [0.5, 0.6) is 5.75 Å². The average Bonchev–Trinajstić information content (AvgIpc) is 3.38. The zero-order valence-electron chi connectivity index (χ0n) is 15.5. The molecule has 0 saturated heterocycles. The van der Waals surface area contributed by atoms with Crippen LogP contribution in [0.25, 0.3) is 16.6 Å². The number of fused-ring (bicyclic) bond motifs is 1. The first-order valence-corrected chi connectivity index (χ1v) is 9.88. The molecule has 2 aromatic carbocycles.